The summed E-state index contributed by atoms with van der Waals surface area (Å²) in [6.07, 6.45) is 0.558. The Morgan fingerprint density at radius 2 is 2.25 bits per heavy atom. The van der Waals surface area contributed by atoms with Gasteiger partial charge in [0.25, 0.3) is 0 Å². The van der Waals surface area contributed by atoms with Crippen LogP contribution in [0, 0.1) is 0 Å². The van der Waals surface area contributed by atoms with Crippen LogP contribution < -0.4 is 16.0 Å². The number of hydrogen-bond acceptors (Lipinski definition) is 7. The number of imide groups is 1. The first-order valence-electron chi connectivity index (χ1n) is 6.27. The predicted molar refractivity (Wildman–Crippen MR) is 71.7 cm³/mol. The number of nitrogens with one attached hydrogen (secondary N) is 1. The molecule has 1 aliphatic heterocycles. The number of anilines is 2. The van der Waals surface area contributed by atoms with Crippen LogP contribution in [0.25, 0.3) is 0 Å². The van der Waals surface area contributed by atoms with Gasteiger partial charge in [0.1, 0.15) is 24.3 Å². The smallest absolute Gasteiger partial charge is 0.249 e. The summed E-state index contributed by atoms with van der Waals surface area (Å²) in [5, 5.41) is 2.32. The van der Waals surface area contributed by atoms with Gasteiger partial charge < -0.3 is 15.4 Å². The Morgan fingerprint density at radius 1 is 1.50 bits per heavy atom. The van der Waals surface area contributed by atoms with E-state index in [1.54, 1.807) is 11.0 Å². The summed E-state index contributed by atoms with van der Waals surface area (Å²) < 4.78 is 4.98. The molecule has 1 unspecified atom stereocenters. The number of nitrogens with zero attached hydrogens (tertiary/aromatic N) is 3. The zero-order valence-electron chi connectivity index (χ0n) is 11.4. The summed E-state index contributed by atoms with van der Waals surface area (Å²) in [5.41, 5.74) is 5.73. The molecule has 0 bridgehead atoms. The van der Waals surface area contributed by atoms with Gasteiger partial charge in [-0.05, 0) is 6.42 Å². The van der Waals surface area contributed by atoms with E-state index in [1.165, 1.54) is 7.11 Å². The molecule has 20 heavy (non-hydrogen) atoms. The number of ether oxygens (including phenoxy) is 1. The molecule has 2 amide bonds. The van der Waals surface area contributed by atoms with Crippen molar-refractivity contribution in [1.82, 2.24) is 15.3 Å². The fourth-order valence-electron chi connectivity index (χ4n) is 2.16. The Labute approximate surface area is 116 Å². The van der Waals surface area contributed by atoms with Gasteiger partial charge in [-0.2, -0.15) is 0 Å². The zero-order chi connectivity index (χ0) is 14.7. The molecular formula is C12H17N5O3. The van der Waals surface area contributed by atoms with Crippen molar-refractivity contribution in [3.63, 3.8) is 0 Å². The highest BCUT2D eigenvalue weighted by atomic mass is 16.5. The molecule has 2 rings (SSSR count). The lowest BCUT2D eigenvalue weighted by atomic mass is 10.1. The Hall–Kier alpha value is -2.22. The fraction of sp³-hybridized carbons (Fsp3) is 0.500. The van der Waals surface area contributed by atoms with E-state index in [4.69, 9.17) is 10.5 Å². The number of carbonyl (C=O) groups excluding carboxylic acids is 2. The van der Waals surface area contributed by atoms with Gasteiger partial charge in [0.15, 0.2) is 5.82 Å². The molecule has 108 valence electrons. The summed E-state index contributed by atoms with van der Waals surface area (Å²) in [6, 6.07) is 1.10. The van der Waals surface area contributed by atoms with Crippen molar-refractivity contribution >= 4 is 23.5 Å². The number of nitrogens with two attached hydrogens (primary N) is 1. The van der Waals surface area contributed by atoms with Crippen molar-refractivity contribution in [2.45, 2.75) is 26.0 Å². The normalized spacial score (nSPS) is 19.1. The molecular weight excluding hydrogens is 262 g/mol. The first kappa shape index (κ1) is 14.2. The first-order chi connectivity index (χ1) is 9.55. The van der Waals surface area contributed by atoms with Gasteiger partial charge in [-0.1, -0.05) is 6.92 Å². The third kappa shape index (κ3) is 2.85. The molecule has 3 N–H and O–H groups in total. The Bertz CT molecular complexity index is 534. The zero-order valence-corrected chi connectivity index (χ0v) is 11.4. The lowest BCUT2D eigenvalue weighted by Crippen LogP contribution is -2.58. The molecule has 1 fully saturated rings. The standard InChI is InChI=1S/C12H17N5O3/c1-3-7-12(19)16-11(18)5-17(7)10-4-8(13)14-9(15-10)6-20-2/h4,7H,3,5-6H2,1-2H3,(H2,13,14,15)(H,16,18,19). The molecule has 0 saturated carbocycles. The Balaban J connectivity index is 2.36. The minimum atomic E-state index is -0.447. The number of piperazine rings is 1. The van der Waals surface area contributed by atoms with Crippen LogP contribution in [0.5, 0.6) is 0 Å². The Morgan fingerprint density at radius 3 is 2.90 bits per heavy atom. The molecule has 0 aliphatic carbocycles. The van der Waals surface area contributed by atoms with Crippen LogP contribution in [0.15, 0.2) is 6.07 Å². The molecule has 8 heteroatoms. The summed E-state index contributed by atoms with van der Waals surface area (Å²) in [5.74, 6) is 0.463. The monoisotopic (exact) mass is 279 g/mol. The van der Waals surface area contributed by atoms with E-state index < -0.39 is 6.04 Å². The average Bonchev–Trinajstić information content (AvgIpc) is 2.37. The third-order valence-electron chi connectivity index (χ3n) is 2.99. The SMILES string of the molecule is CCC1C(=O)NC(=O)CN1c1cc(N)nc(COC)n1. The molecule has 1 aromatic rings. The van der Waals surface area contributed by atoms with Gasteiger partial charge in [0.05, 0.1) is 6.54 Å². The van der Waals surface area contributed by atoms with Crippen molar-refractivity contribution in [3.05, 3.63) is 11.9 Å². The maximum absolute atomic E-state index is 11.8. The number of aromatic nitrogens is 2. The molecule has 2 heterocycles. The average molecular weight is 279 g/mol. The van der Waals surface area contributed by atoms with Crippen molar-refractivity contribution in [1.29, 1.82) is 0 Å². The second-order valence-corrected chi connectivity index (χ2v) is 4.46. The Kier molecular flexibility index (Phi) is 4.14. The van der Waals surface area contributed by atoms with Gasteiger partial charge in [0.2, 0.25) is 11.8 Å². The molecule has 8 nitrogen and oxygen atoms in total. The predicted octanol–water partition coefficient (Wildman–Crippen LogP) is -0.553. The number of amides is 2. The topological polar surface area (TPSA) is 110 Å². The summed E-state index contributed by atoms with van der Waals surface area (Å²) in [7, 11) is 1.53. The minimum Gasteiger partial charge on any atom is -0.384 e. The van der Waals surface area contributed by atoms with Gasteiger partial charge in [-0.25, -0.2) is 9.97 Å². The van der Waals surface area contributed by atoms with Crippen LogP contribution in [0.4, 0.5) is 11.6 Å². The van der Waals surface area contributed by atoms with E-state index in [0.29, 0.717) is 18.1 Å². The molecule has 1 aromatic heterocycles. The number of rotatable bonds is 4. The van der Waals surface area contributed by atoms with Crippen LogP contribution >= 0.6 is 0 Å². The number of nitrogen functional groups attached to an aromatic ring is 1. The summed E-state index contributed by atoms with van der Waals surface area (Å²) in [4.78, 5) is 33.3. The summed E-state index contributed by atoms with van der Waals surface area (Å²) >= 11 is 0. The van der Waals surface area contributed by atoms with E-state index in [-0.39, 0.29) is 30.8 Å². The maximum Gasteiger partial charge on any atom is 0.249 e. The highest BCUT2D eigenvalue weighted by Crippen LogP contribution is 2.20. The molecule has 0 radical (unpaired) electrons. The van der Waals surface area contributed by atoms with Crippen molar-refractivity contribution < 1.29 is 14.3 Å². The van der Waals surface area contributed by atoms with Crippen LogP contribution in [0.3, 0.4) is 0 Å². The molecule has 0 aromatic carbocycles. The second kappa shape index (κ2) is 5.83. The number of carbonyl (C=O) groups is 2. The van der Waals surface area contributed by atoms with Crippen LogP contribution in [0.2, 0.25) is 0 Å². The largest absolute Gasteiger partial charge is 0.384 e. The minimum absolute atomic E-state index is 0.0626. The van der Waals surface area contributed by atoms with Gasteiger partial charge in [-0.15, -0.1) is 0 Å². The van der Waals surface area contributed by atoms with E-state index in [1.807, 2.05) is 6.92 Å². The van der Waals surface area contributed by atoms with Crippen molar-refractivity contribution in [2.24, 2.45) is 0 Å². The number of methoxy groups -OCH3 is 1. The van der Waals surface area contributed by atoms with Crippen molar-refractivity contribution in [3.8, 4) is 0 Å². The van der Waals surface area contributed by atoms with E-state index in [9.17, 15) is 9.59 Å². The fourth-order valence-corrected chi connectivity index (χ4v) is 2.16. The highest BCUT2D eigenvalue weighted by Gasteiger charge is 2.33. The van der Waals surface area contributed by atoms with Gasteiger partial charge in [-0.3, -0.25) is 14.9 Å². The summed E-state index contributed by atoms with van der Waals surface area (Å²) in [6.45, 7) is 2.14. The van der Waals surface area contributed by atoms with E-state index >= 15 is 0 Å². The lowest BCUT2D eigenvalue weighted by Gasteiger charge is -2.34. The van der Waals surface area contributed by atoms with Crippen molar-refractivity contribution in [2.75, 3.05) is 24.3 Å². The van der Waals surface area contributed by atoms with Gasteiger partial charge in [0, 0.05) is 13.2 Å². The second-order valence-electron chi connectivity index (χ2n) is 4.46. The van der Waals surface area contributed by atoms with E-state index in [0.717, 1.165) is 0 Å². The quantitative estimate of drug-likeness (QED) is 0.711. The first-order valence-corrected chi connectivity index (χ1v) is 6.27. The maximum atomic E-state index is 11.8. The lowest BCUT2D eigenvalue weighted by molar-refractivity contribution is -0.132. The van der Waals surface area contributed by atoms with Crippen LogP contribution in [-0.4, -0.2) is 41.5 Å². The highest BCUT2D eigenvalue weighted by molar-refractivity contribution is 6.04. The number of hydrogen-bond donors (Lipinski definition) is 2. The molecule has 0 spiro atoms. The van der Waals surface area contributed by atoms with Gasteiger partial charge >= 0.3 is 0 Å². The molecule has 1 atom stereocenters. The molecule has 1 aliphatic rings. The molecule has 1 saturated heterocycles. The van der Waals surface area contributed by atoms with E-state index in [2.05, 4.69) is 15.3 Å². The van der Waals surface area contributed by atoms with Crippen LogP contribution in [-0.2, 0) is 20.9 Å². The van der Waals surface area contributed by atoms with Crippen LogP contribution in [0.1, 0.15) is 19.2 Å². The third-order valence-corrected chi connectivity index (χ3v) is 2.99.